The predicted octanol–water partition coefficient (Wildman–Crippen LogP) is 6.51. The van der Waals surface area contributed by atoms with E-state index in [2.05, 4.69) is 83.6 Å². The van der Waals surface area contributed by atoms with Crippen molar-refractivity contribution in [2.45, 2.75) is 27.7 Å². The van der Waals surface area contributed by atoms with Gasteiger partial charge in [0.05, 0.1) is 5.69 Å². The molecule has 1 saturated heterocycles. The molecule has 0 aliphatic carbocycles. The molecule has 0 atom stereocenters. The fourth-order valence-corrected chi connectivity index (χ4v) is 4.17. The molecule has 6 heteroatoms. The third-order valence-corrected chi connectivity index (χ3v) is 6.19. The van der Waals surface area contributed by atoms with Crippen LogP contribution in [-0.2, 0) is 0 Å². The summed E-state index contributed by atoms with van der Waals surface area (Å²) < 4.78 is 0. The number of nitrogens with zero attached hydrogens (tertiary/aromatic N) is 4. The van der Waals surface area contributed by atoms with Crippen molar-refractivity contribution in [2.24, 2.45) is 5.41 Å². The molecule has 0 unspecified atom stereocenters. The van der Waals surface area contributed by atoms with E-state index < -0.39 is 0 Å². The molecular formula is C29H36N6. The highest BCUT2D eigenvalue weighted by molar-refractivity contribution is 5.66. The summed E-state index contributed by atoms with van der Waals surface area (Å²) in [6.45, 7) is 20.8. The van der Waals surface area contributed by atoms with Gasteiger partial charge >= 0.3 is 0 Å². The van der Waals surface area contributed by atoms with E-state index in [1.807, 2.05) is 37.3 Å². The lowest BCUT2D eigenvalue weighted by atomic mass is 9.91. The van der Waals surface area contributed by atoms with Gasteiger partial charge in [0.25, 0.3) is 0 Å². The number of nitrogens with one attached hydrogen (secondary N) is 2. The molecule has 4 rings (SSSR count). The molecule has 0 radical (unpaired) electrons. The zero-order valence-electron chi connectivity index (χ0n) is 21.3. The van der Waals surface area contributed by atoms with Gasteiger partial charge in [0, 0.05) is 71.8 Å². The van der Waals surface area contributed by atoms with Crippen LogP contribution >= 0.6 is 0 Å². The van der Waals surface area contributed by atoms with Gasteiger partial charge in [-0.3, -0.25) is 0 Å². The molecule has 182 valence electrons. The molecule has 2 aromatic carbocycles. The Balaban J connectivity index is 1.42. The van der Waals surface area contributed by atoms with Crippen LogP contribution in [0.1, 0.15) is 27.7 Å². The van der Waals surface area contributed by atoms with Crippen LogP contribution in [0.15, 0.2) is 85.3 Å². The van der Waals surface area contributed by atoms with Gasteiger partial charge in [-0.15, -0.1) is 0 Å². The van der Waals surface area contributed by atoms with Gasteiger partial charge in [-0.1, -0.05) is 52.1 Å². The van der Waals surface area contributed by atoms with E-state index in [0.29, 0.717) is 5.95 Å². The number of hydrogen-bond donors (Lipinski definition) is 2. The zero-order chi connectivity index (χ0) is 25.0. The van der Waals surface area contributed by atoms with E-state index in [1.165, 1.54) is 11.4 Å². The summed E-state index contributed by atoms with van der Waals surface area (Å²) >= 11 is 0. The van der Waals surface area contributed by atoms with Crippen molar-refractivity contribution >= 4 is 23.0 Å². The van der Waals surface area contributed by atoms with Gasteiger partial charge in [0.2, 0.25) is 5.95 Å². The highest BCUT2D eigenvalue weighted by atomic mass is 15.3. The standard InChI is InChI=1S/C29H36N6/c1-21(2)31-24-12-10-23(11-13-24)27-14-15-30-28(33-27)32-25-8-7-9-26(20-25)35-18-16-34(17-19-35)22(3)29(4,5)6/h7-15,20,31H,1,3,16-19H2,2,4-6H3,(H,30,32,33). The largest absolute Gasteiger partial charge is 0.371 e. The Bertz CT molecular complexity index is 1180. The van der Waals surface area contributed by atoms with Crippen LogP contribution in [0.4, 0.5) is 23.0 Å². The number of piperazine rings is 1. The predicted molar refractivity (Wildman–Crippen MR) is 148 cm³/mol. The van der Waals surface area contributed by atoms with Crippen molar-refractivity contribution in [3.63, 3.8) is 0 Å². The average molecular weight is 469 g/mol. The van der Waals surface area contributed by atoms with E-state index in [1.54, 1.807) is 6.20 Å². The van der Waals surface area contributed by atoms with Gasteiger partial charge in [0.1, 0.15) is 0 Å². The molecule has 0 spiro atoms. The first kappa shape index (κ1) is 24.3. The summed E-state index contributed by atoms with van der Waals surface area (Å²) in [6.07, 6.45) is 1.79. The smallest absolute Gasteiger partial charge is 0.227 e. The Hall–Kier alpha value is -3.80. The van der Waals surface area contributed by atoms with Gasteiger partial charge in [-0.2, -0.15) is 0 Å². The first-order valence-corrected chi connectivity index (χ1v) is 12.1. The summed E-state index contributed by atoms with van der Waals surface area (Å²) in [6, 6.07) is 18.5. The van der Waals surface area contributed by atoms with Gasteiger partial charge < -0.3 is 20.4 Å². The van der Waals surface area contributed by atoms with Gasteiger partial charge in [-0.05, 0) is 43.3 Å². The second-order valence-electron chi connectivity index (χ2n) is 10.1. The Morgan fingerprint density at radius 3 is 2.29 bits per heavy atom. The number of rotatable bonds is 7. The Kier molecular flexibility index (Phi) is 7.10. The quantitative estimate of drug-likeness (QED) is 0.412. The normalized spacial score (nSPS) is 13.9. The fraction of sp³-hybridized carbons (Fsp3) is 0.310. The van der Waals surface area contributed by atoms with Crippen molar-refractivity contribution in [1.82, 2.24) is 14.9 Å². The highest BCUT2D eigenvalue weighted by Gasteiger charge is 2.24. The van der Waals surface area contributed by atoms with Crippen LogP contribution in [0, 0.1) is 5.41 Å². The summed E-state index contributed by atoms with van der Waals surface area (Å²) in [5, 5.41) is 6.60. The van der Waals surface area contributed by atoms with Crippen molar-refractivity contribution in [2.75, 3.05) is 41.7 Å². The second-order valence-corrected chi connectivity index (χ2v) is 10.1. The second kappa shape index (κ2) is 10.2. The average Bonchev–Trinajstić information content (AvgIpc) is 2.83. The van der Waals surface area contributed by atoms with Crippen molar-refractivity contribution in [1.29, 1.82) is 0 Å². The van der Waals surface area contributed by atoms with Crippen LogP contribution in [0.5, 0.6) is 0 Å². The molecule has 2 N–H and O–H groups in total. The lowest BCUT2D eigenvalue weighted by Gasteiger charge is -2.41. The maximum Gasteiger partial charge on any atom is 0.227 e. The minimum absolute atomic E-state index is 0.101. The molecule has 1 aliphatic heterocycles. The number of benzene rings is 2. The topological polar surface area (TPSA) is 56.3 Å². The van der Waals surface area contributed by atoms with Crippen LogP contribution in [0.2, 0.25) is 0 Å². The van der Waals surface area contributed by atoms with E-state index in [4.69, 9.17) is 4.98 Å². The molecule has 35 heavy (non-hydrogen) atoms. The number of aromatic nitrogens is 2. The summed E-state index contributed by atoms with van der Waals surface area (Å²) in [4.78, 5) is 14.0. The van der Waals surface area contributed by atoms with E-state index in [-0.39, 0.29) is 5.41 Å². The number of hydrogen-bond acceptors (Lipinski definition) is 6. The lowest BCUT2D eigenvalue weighted by molar-refractivity contribution is 0.256. The maximum atomic E-state index is 4.73. The Morgan fingerprint density at radius 1 is 0.914 bits per heavy atom. The highest BCUT2D eigenvalue weighted by Crippen LogP contribution is 2.29. The number of allylic oxidation sites excluding steroid dienone is 2. The zero-order valence-corrected chi connectivity index (χ0v) is 21.3. The third-order valence-electron chi connectivity index (χ3n) is 6.19. The molecule has 2 heterocycles. The monoisotopic (exact) mass is 468 g/mol. The van der Waals surface area contributed by atoms with Gasteiger partial charge in [-0.25, -0.2) is 9.97 Å². The molecule has 3 aromatic rings. The van der Waals surface area contributed by atoms with E-state index in [9.17, 15) is 0 Å². The first-order chi connectivity index (χ1) is 16.7. The first-order valence-electron chi connectivity index (χ1n) is 12.1. The molecule has 1 aromatic heterocycles. The Labute approximate surface area is 209 Å². The van der Waals surface area contributed by atoms with Crippen LogP contribution in [-0.4, -0.2) is 41.0 Å². The van der Waals surface area contributed by atoms with Gasteiger partial charge in [0.15, 0.2) is 0 Å². The molecular weight excluding hydrogens is 432 g/mol. The minimum Gasteiger partial charge on any atom is -0.371 e. The molecule has 1 fully saturated rings. The SMILES string of the molecule is C=C(C)Nc1ccc(-c2ccnc(Nc3cccc(N4CCN(C(=C)C(C)(C)C)CC4)c3)n2)cc1. The van der Waals surface area contributed by atoms with Crippen LogP contribution in [0.3, 0.4) is 0 Å². The maximum absolute atomic E-state index is 4.73. The van der Waals surface area contributed by atoms with Crippen molar-refractivity contribution in [3.05, 3.63) is 85.3 Å². The van der Waals surface area contributed by atoms with Crippen LogP contribution in [0.25, 0.3) is 11.3 Å². The molecule has 1 aliphatic rings. The summed E-state index contributed by atoms with van der Waals surface area (Å²) in [5.41, 5.74) is 7.31. The number of anilines is 4. The van der Waals surface area contributed by atoms with E-state index in [0.717, 1.165) is 54.5 Å². The molecule has 6 nitrogen and oxygen atoms in total. The van der Waals surface area contributed by atoms with Crippen LogP contribution < -0.4 is 15.5 Å². The Morgan fingerprint density at radius 2 is 1.63 bits per heavy atom. The molecule has 0 amide bonds. The lowest BCUT2D eigenvalue weighted by Crippen LogP contribution is -2.47. The molecule has 0 bridgehead atoms. The minimum atomic E-state index is 0.101. The molecule has 0 saturated carbocycles. The third kappa shape index (κ3) is 6.21. The van der Waals surface area contributed by atoms with Crippen molar-refractivity contribution < 1.29 is 0 Å². The van der Waals surface area contributed by atoms with Crippen molar-refractivity contribution in [3.8, 4) is 11.3 Å². The van der Waals surface area contributed by atoms with E-state index >= 15 is 0 Å². The summed E-state index contributed by atoms with van der Waals surface area (Å²) in [7, 11) is 0. The fourth-order valence-electron chi connectivity index (χ4n) is 4.17. The summed E-state index contributed by atoms with van der Waals surface area (Å²) in [5.74, 6) is 0.579.